The van der Waals surface area contributed by atoms with Crippen LogP contribution in [0.1, 0.15) is 23.1 Å². The van der Waals surface area contributed by atoms with Crippen molar-refractivity contribution in [3.05, 3.63) is 59.2 Å². The number of carbonyl (C=O) groups excluding carboxylic acids is 2. The largest absolute Gasteiger partial charge is 0.497 e. The standard InChI is InChI=1S/C21H24N2O3/c1-14-4-7-17(12-15(14)2)23-11-10-19(21(23)25)22-20(24)13-16-5-8-18(26-3)9-6-16/h4-9,12,19H,10-11,13H2,1-3H3,(H,22,24)/t19-/m0/s1. The molecule has 0 unspecified atom stereocenters. The number of rotatable bonds is 5. The van der Waals surface area contributed by atoms with Crippen molar-refractivity contribution in [2.45, 2.75) is 32.7 Å². The molecule has 0 aliphatic carbocycles. The van der Waals surface area contributed by atoms with Crippen LogP contribution in [0.3, 0.4) is 0 Å². The number of benzene rings is 2. The lowest BCUT2D eigenvalue weighted by Gasteiger charge is -2.18. The molecule has 0 spiro atoms. The molecule has 2 aromatic carbocycles. The number of ether oxygens (including phenoxy) is 1. The van der Waals surface area contributed by atoms with E-state index in [0.717, 1.165) is 22.6 Å². The summed E-state index contributed by atoms with van der Waals surface area (Å²) in [5.41, 5.74) is 4.14. The van der Waals surface area contributed by atoms with Crippen molar-refractivity contribution in [3.63, 3.8) is 0 Å². The van der Waals surface area contributed by atoms with E-state index in [1.165, 1.54) is 5.56 Å². The van der Waals surface area contributed by atoms with E-state index in [1.54, 1.807) is 12.0 Å². The molecule has 3 rings (SSSR count). The summed E-state index contributed by atoms with van der Waals surface area (Å²) in [4.78, 5) is 26.7. The number of aryl methyl sites for hydroxylation is 2. The summed E-state index contributed by atoms with van der Waals surface area (Å²) in [6, 6.07) is 12.9. The van der Waals surface area contributed by atoms with Gasteiger partial charge in [0.2, 0.25) is 11.8 Å². The second kappa shape index (κ2) is 7.60. The highest BCUT2D eigenvalue weighted by atomic mass is 16.5. The summed E-state index contributed by atoms with van der Waals surface area (Å²) in [7, 11) is 1.61. The highest BCUT2D eigenvalue weighted by Gasteiger charge is 2.33. The predicted octanol–water partition coefficient (Wildman–Crippen LogP) is 2.78. The third-order valence-electron chi connectivity index (χ3n) is 4.87. The molecule has 5 nitrogen and oxygen atoms in total. The zero-order valence-electron chi connectivity index (χ0n) is 15.4. The van der Waals surface area contributed by atoms with Crippen molar-refractivity contribution in [1.29, 1.82) is 0 Å². The fourth-order valence-electron chi connectivity index (χ4n) is 3.14. The van der Waals surface area contributed by atoms with Gasteiger partial charge in [-0.1, -0.05) is 18.2 Å². The maximum Gasteiger partial charge on any atom is 0.249 e. The SMILES string of the molecule is COc1ccc(CC(=O)N[C@H]2CCN(c3ccc(C)c(C)c3)C2=O)cc1. The van der Waals surface area contributed by atoms with Crippen molar-refractivity contribution in [3.8, 4) is 5.75 Å². The Morgan fingerprint density at radius 2 is 1.88 bits per heavy atom. The van der Waals surface area contributed by atoms with E-state index in [-0.39, 0.29) is 18.2 Å². The smallest absolute Gasteiger partial charge is 0.249 e. The van der Waals surface area contributed by atoms with Crippen molar-refractivity contribution in [1.82, 2.24) is 5.32 Å². The van der Waals surface area contributed by atoms with E-state index >= 15 is 0 Å². The van der Waals surface area contributed by atoms with Crippen LogP contribution >= 0.6 is 0 Å². The lowest BCUT2D eigenvalue weighted by Crippen LogP contribution is -2.42. The van der Waals surface area contributed by atoms with Gasteiger partial charge < -0.3 is 15.0 Å². The van der Waals surface area contributed by atoms with Gasteiger partial charge in [0.1, 0.15) is 11.8 Å². The van der Waals surface area contributed by atoms with Crippen LogP contribution in [0.15, 0.2) is 42.5 Å². The Morgan fingerprint density at radius 3 is 2.54 bits per heavy atom. The Balaban J connectivity index is 1.60. The minimum Gasteiger partial charge on any atom is -0.497 e. The quantitative estimate of drug-likeness (QED) is 0.900. The zero-order valence-corrected chi connectivity index (χ0v) is 15.4. The minimum absolute atomic E-state index is 0.0451. The predicted molar refractivity (Wildman–Crippen MR) is 102 cm³/mol. The summed E-state index contributed by atoms with van der Waals surface area (Å²) in [5, 5.41) is 2.87. The molecule has 1 aliphatic heterocycles. The van der Waals surface area contributed by atoms with E-state index in [4.69, 9.17) is 4.74 Å². The number of methoxy groups -OCH3 is 1. The van der Waals surface area contributed by atoms with Gasteiger partial charge in [-0.25, -0.2) is 0 Å². The third-order valence-corrected chi connectivity index (χ3v) is 4.87. The summed E-state index contributed by atoms with van der Waals surface area (Å²) in [5.74, 6) is 0.566. The van der Waals surface area contributed by atoms with Crippen LogP contribution in [0.5, 0.6) is 5.75 Å². The molecule has 0 saturated carbocycles. The van der Waals surface area contributed by atoms with E-state index in [1.807, 2.05) is 56.3 Å². The summed E-state index contributed by atoms with van der Waals surface area (Å²) in [6.45, 7) is 4.70. The summed E-state index contributed by atoms with van der Waals surface area (Å²) >= 11 is 0. The van der Waals surface area contributed by atoms with Crippen LogP contribution in [-0.4, -0.2) is 31.5 Å². The number of hydrogen-bond donors (Lipinski definition) is 1. The first-order valence-corrected chi connectivity index (χ1v) is 8.79. The lowest BCUT2D eigenvalue weighted by molar-refractivity contribution is -0.126. The molecule has 2 aromatic rings. The van der Waals surface area contributed by atoms with Crippen LogP contribution < -0.4 is 15.0 Å². The number of carbonyl (C=O) groups is 2. The molecular formula is C21H24N2O3. The first kappa shape index (κ1) is 18.0. The molecule has 1 atom stereocenters. The molecule has 2 amide bonds. The zero-order chi connectivity index (χ0) is 18.7. The Labute approximate surface area is 154 Å². The molecule has 0 bridgehead atoms. The van der Waals surface area contributed by atoms with Gasteiger partial charge in [-0.3, -0.25) is 9.59 Å². The number of anilines is 1. The van der Waals surface area contributed by atoms with Crippen LogP contribution in [0.25, 0.3) is 0 Å². The average molecular weight is 352 g/mol. The summed E-state index contributed by atoms with van der Waals surface area (Å²) < 4.78 is 5.11. The second-order valence-corrected chi connectivity index (χ2v) is 6.69. The molecule has 0 aromatic heterocycles. The third kappa shape index (κ3) is 3.87. The fraction of sp³-hybridized carbons (Fsp3) is 0.333. The van der Waals surface area contributed by atoms with Crippen molar-refractivity contribution >= 4 is 17.5 Å². The van der Waals surface area contributed by atoms with Gasteiger partial charge in [-0.05, 0) is 61.2 Å². The topological polar surface area (TPSA) is 58.6 Å². The van der Waals surface area contributed by atoms with Crippen LogP contribution in [0.4, 0.5) is 5.69 Å². The molecule has 1 saturated heterocycles. The van der Waals surface area contributed by atoms with Gasteiger partial charge in [0, 0.05) is 12.2 Å². The van der Waals surface area contributed by atoms with E-state index in [0.29, 0.717) is 13.0 Å². The van der Waals surface area contributed by atoms with Crippen molar-refractivity contribution in [2.24, 2.45) is 0 Å². The molecule has 136 valence electrons. The number of nitrogens with zero attached hydrogens (tertiary/aromatic N) is 1. The van der Waals surface area contributed by atoms with E-state index in [2.05, 4.69) is 5.32 Å². The Bertz CT molecular complexity index is 815. The van der Waals surface area contributed by atoms with Gasteiger partial charge in [0.15, 0.2) is 0 Å². The lowest BCUT2D eigenvalue weighted by atomic mass is 10.1. The Hall–Kier alpha value is -2.82. The Kier molecular flexibility index (Phi) is 5.26. The molecule has 1 aliphatic rings. The molecule has 1 N–H and O–H groups in total. The van der Waals surface area contributed by atoms with Crippen LogP contribution in [-0.2, 0) is 16.0 Å². The van der Waals surface area contributed by atoms with Gasteiger partial charge >= 0.3 is 0 Å². The van der Waals surface area contributed by atoms with Crippen molar-refractivity contribution in [2.75, 3.05) is 18.6 Å². The molecule has 1 heterocycles. The fourth-order valence-corrected chi connectivity index (χ4v) is 3.14. The number of hydrogen-bond acceptors (Lipinski definition) is 3. The first-order valence-electron chi connectivity index (χ1n) is 8.79. The Morgan fingerprint density at radius 1 is 1.15 bits per heavy atom. The van der Waals surface area contributed by atoms with E-state index in [9.17, 15) is 9.59 Å². The molecule has 5 heteroatoms. The maximum absolute atomic E-state index is 12.7. The monoisotopic (exact) mass is 352 g/mol. The molecule has 1 fully saturated rings. The molecule has 0 radical (unpaired) electrons. The minimum atomic E-state index is -0.456. The molecular weight excluding hydrogens is 328 g/mol. The van der Waals surface area contributed by atoms with Gasteiger partial charge in [0.25, 0.3) is 0 Å². The second-order valence-electron chi connectivity index (χ2n) is 6.69. The van der Waals surface area contributed by atoms with Gasteiger partial charge in [0.05, 0.1) is 13.5 Å². The number of nitrogens with one attached hydrogen (secondary N) is 1. The highest BCUT2D eigenvalue weighted by molar-refractivity contribution is 6.01. The van der Waals surface area contributed by atoms with Crippen LogP contribution in [0, 0.1) is 13.8 Å². The number of amides is 2. The van der Waals surface area contributed by atoms with E-state index < -0.39 is 6.04 Å². The van der Waals surface area contributed by atoms with Crippen LogP contribution in [0.2, 0.25) is 0 Å². The normalized spacial score (nSPS) is 16.7. The van der Waals surface area contributed by atoms with Gasteiger partial charge in [-0.15, -0.1) is 0 Å². The maximum atomic E-state index is 12.7. The molecule has 26 heavy (non-hydrogen) atoms. The summed E-state index contributed by atoms with van der Waals surface area (Å²) in [6.07, 6.45) is 0.873. The highest BCUT2D eigenvalue weighted by Crippen LogP contribution is 2.24. The van der Waals surface area contributed by atoms with Crippen molar-refractivity contribution < 1.29 is 14.3 Å². The average Bonchev–Trinajstić information content (AvgIpc) is 2.98. The van der Waals surface area contributed by atoms with Gasteiger partial charge in [-0.2, -0.15) is 0 Å². The first-order chi connectivity index (χ1) is 12.5.